The zero-order valence-corrected chi connectivity index (χ0v) is 23.6. The predicted molar refractivity (Wildman–Crippen MR) is 151 cm³/mol. The van der Waals surface area contributed by atoms with Gasteiger partial charge in [0.2, 0.25) is 17.6 Å². The molecule has 4 aromatic rings. The molecule has 3 atom stereocenters. The van der Waals surface area contributed by atoms with Crippen LogP contribution in [-0.4, -0.2) is 55.6 Å². The Labute approximate surface area is 241 Å². The van der Waals surface area contributed by atoms with Gasteiger partial charge in [0.05, 0.1) is 11.1 Å². The number of ether oxygens (including phenoxy) is 3. The molecule has 0 spiro atoms. The van der Waals surface area contributed by atoms with E-state index in [1.54, 1.807) is 48.9 Å². The third kappa shape index (κ3) is 6.23. The molecule has 1 saturated heterocycles. The summed E-state index contributed by atoms with van der Waals surface area (Å²) in [6, 6.07) is 13.9. The molecular formula is C30H31N5O7. The maximum absolute atomic E-state index is 13.0. The number of esters is 2. The minimum absolute atomic E-state index is 0.137. The molecule has 0 unspecified atom stereocenters. The zero-order valence-electron chi connectivity index (χ0n) is 23.6. The van der Waals surface area contributed by atoms with Gasteiger partial charge in [-0.25, -0.2) is 18.8 Å². The maximum atomic E-state index is 13.0. The van der Waals surface area contributed by atoms with E-state index < -0.39 is 36.1 Å². The molecule has 1 aliphatic rings. The van der Waals surface area contributed by atoms with Crippen molar-refractivity contribution >= 4 is 29.6 Å². The van der Waals surface area contributed by atoms with Gasteiger partial charge < -0.3 is 14.2 Å². The van der Waals surface area contributed by atoms with E-state index in [-0.39, 0.29) is 36.6 Å². The highest BCUT2D eigenvalue weighted by molar-refractivity contribution is 5.91. The average Bonchev–Trinajstić information content (AvgIpc) is 3.56. The lowest BCUT2D eigenvalue weighted by Crippen LogP contribution is -2.32. The number of hydrogen-bond donors (Lipinski definition) is 1. The number of nitrogens with one attached hydrogen (secondary N) is 1. The van der Waals surface area contributed by atoms with Crippen molar-refractivity contribution in [3.8, 4) is 0 Å². The van der Waals surface area contributed by atoms with E-state index in [0.29, 0.717) is 11.1 Å². The molecule has 218 valence electrons. The van der Waals surface area contributed by atoms with Gasteiger partial charge in [-0.3, -0.25) is 14.7 Å². The van der Waals surface area contributed by atoms with Gasteiger partial charge in [-0.15, -0.1) is 0 Å². The number of benzene rings is 2. The summed E-state index contributed by atoms with van der Waals surface area (Å²) in [5, 5.41) is 2.54. The quantitative estimate of drug-likeness (QED) is 0.313. The standard InChI is InChI=1S/C30H31N5O7/c1-17(2)25(36)31-28-32-29-34(13-14-35(29)30(39)33-28)24-15-22(42-27(38)21-11-7-19(4)8-12-21)23(41-24)16-40-26(37)20-9-5-18(3)6-10-20/h5-14,17,22-24H,15-16H2,1-4H3,(H,31,33,36,39)/t22-,23+,24+/m0/s1. The van der Waals surface area contributed by atoms with E-state index in [1.807, 2.05) is 38.1 Å². The highest BCUT2D eigenvalue weighted by atomic mass is 16.6. The molecule has 0 saturated carbocycles. The van der Waals surface area contributed by atoms with Crippen LogP contribution in [0.5, 0.6) is 0 Å². The van der Waals surface area contributed by atoms with Crippen molar-refractivity contribution in [2.45, 2.75) is 52.6 Å². The first-order valence-electron chi connectivity index (χ1n) is 13.5. The van der Waals surface area contributed by atoms with Gasteiger partial charge in [0.1, 0.15) is 25.0 Å². The van der Waals surface area contributed by atoms with Crippen molar-refractivity contribution in [1.82, 2.24) is 18.9 Å². The van der Waals surface area contributed by atoms with Crippen LogP contribution in [0.15, 0.2) is 65.7 Å². The van der Waals surface area contributed by atoms with Gasteiger partial charge in [0.15, 0.2) is 0 Å². The summed E-state index contributed by atoms with van der Waals surface area (Å²) in [6.07, 6.45) is 0.912. The molecule has 1 fully saturated rings. The van der Waals surface area contributed by atoms with Crippen molar-refractivity contribution in [2.75, 3.05) is 11.9 Å². The summed E-state index contributed by atoms with van der Waals surface area (Å²) in [4.78, 5) is 58.7. The second-order valence-corrected chi connectivity index (χ2v) is 10.5. The van der Waals surface area contributed by atoms with E-state index >= 15 is 0 Å². The lowest BCUT2D eigenvalue weighted by molar-refractivity contribution is -0.118. The SMILES string of the molecule is Cc1ccc(C(=O)OC[C@H]2O[C@@H](n3ccn4c(=O)nc(NC(=O)C(C)C)nc34)C[C@@H]2OC(=O)c2ccc(C)cc2)cc1. The first-order valence-corrected chi connectivity index (χ1v) is 13.5. The number of fused-ring (bicyclic) bond motifs is 1. The molecule has 0 aliphatic carbocycles. The van der Waals surface area contributed by atoms with Gasteiger partial charge >= 0.3 is 17.6 Å². The van der Waals surface area contributed by atoms with Crippen LogP contribution in [-0.2, 0) is 19.0 Å². The number of rotatable bonds is 8. The Bertz CT molecular complexity index is 1680. The number of aromatic nitrogens is 4. The van der Waals surface area contributed by atoms with Gasteiger partial charge in [0, 0.05) is 24.7 Å². The number of amides is 1. The summed E-state index contributed by atoms with van der Waals surface area (Å²) in [5.41, 5.74) is 2.12. The van der Waals surface area contributed by atoms with Crippen LogP contribution in [0.1, 0.15) is 58.3 Å². The Balaban J connectivity index is 1.40. The summed E-state index contributed by atoms with van der Waals surface area (Å²) < 4.78 is 20.4. The fraction of sp³-hybridized carbons (Fsp3) is 0.333. The Hall–Kier alpha value is -4.84. The number of carbonyl (C=O) groups is 3. The lowest BCUT2D eigenvalue weighted by Gasteiger charge is -2.19. The summed E-state index contributed by atoms with van der Waals surface area (Å²) in [6.45, 7) is 7.07. The van der Waals surface area contributed by atoms with Crippen LogP contribution in [0.2, 0.25) is 0 Å². The average molecular weight is 574 g/mol. The lowest BCUT2D eigenvalue weighted by atomic mass is 10.1. The number of nitrogens with zero attached hydrogens (tertiary/aromatic N) is 4. The molecule has 1 N–H and O–H groups in total. The van der Waals surface area contributed by atoms with E-state index in [2.05, 4.69) is 15.3 Å². The third-order valence-electron chi connectivity index (χ3n) is 6.90. The second kappa shape index (κ2) is 12.0. The van der Waals surface area contributed by atoms with Crippen molar-refractivity contribution in [3.63, 3.8) is 0 Å². The molecule has 0 bridgehead atoms. The number of carbonyl (C=O) groups excluding carboxylic acids is 3. The van der Waals surface area contributed by atoms with Crippen molar-refractivity contribution in [2.24, 2.45) is 5.92 Å². The Kier molecular flexibility index (Phi) is 8.16. The molecule has 3 heterocycles. The van der Waals surface area contributed by atoms with Crippen LogP contribution in [0, 0.1) is 19.8 Å². The number of aryl methyl sites for hydroxylation is 2. The van der Waals surface area contributed by atoms with Crippen LogP contribution in [0.3, 0.4) is 0 Å². The summed E-state index contributed by atoms with van der Waals surface area (Å²) >= 11 is 0. The van der Waals surface area contributed by atoms with Gasteiger partial charge in [-0.2, -0.15) is 9.97 Å². The van der Waals surface area contributed by atoms with Crippen molar-refractivity contribution in [3.05, 3.63) is 93.7 Å². The summed E-state index contributed by atoms with van der Waals surface area (Å²) in [7, 11) is 0. The van der Waals surface area contributed by atoms with Crippen LogP contribution in [0.25, 0.3) is 5.78 Å². The van der Waals surface area contributed by atoms with Gasteiger partial charge in [0.25, 0.3) is 0 Å². The second-order valence-electron chi connectivity index (χ2n) is 10.5. The molecule has 2 aromatic carbocycles. The normalized spacial score (nSPS) is 18.3. The monoisotopic (exact) mass is 573 g/mol. The first-order chi connectivity index (χ1) is 20.1. The minimum Gasteiger partial charge on any atom is -0.459 e. The molecule has 1 amide bonds. The Morgan fingerprint density at radius 1 is 0.952 bits per heavy atom. The fourth-order valence-electron chi connectivity index (χ4n) is 4.43. The van der Waals surface area contributed by atoms with Crippen LogP contribution < -0.4 is 11.0 Å². The van der Waals surface area contributed by atoms with E-state index in [9.17, 15) is 19.2 Å². The third-order valence-corrected chi connectivity index (χ3v) is 6.90. The van der Waals surface area contributed by atoms with Crippen LogP contribution in [0.4, 0.5) is 5.95 Å². The fourth-order valence-corrected chi connectivity index (χ4v) is 4.43. The van der Waals surface area contributed by atoms with E-state index in [1.165, 1.54) is 10.6 Å². The topological polar surface area (TPSA) is 143 Å². The minimum atomic E-state index is -0.810. The van der Waals surface area contributed by atoms with Crippen molar-refractivity contribution < 1.29 is 28.6 Å². The first kappa shape index (κ1) is 28.7. The molecule has 0 radical (unpaired) electrons. The summed E-state index contributed by atoms with van der Waals surface area (Å²) in [5.74, 6) is -1.74. The molecule has 5 rings (SSSR count). The van der Waals surface area contributed by atoms with Gasteiger partial charge in [-0.05, 0) is 38.1 Å². The van der Waals surface area contributed by atoms with E-state index in [0.717, 1.165) is 11.1 Å². The van der Waals surface area contributed by atoms with Crippen molar-refractivity contribution in [1.29, 1.82) is 0 Å². The largest absolute Gasteiger partial charge is 0.459 e. The Morgan fingerprint density at radius 2 is 1.57 bits per heavy atom. The molecule has 2 aromatic heterocycles. The number of imidazole rings is 1. The molecule has 42 heavy (non-hydrogen) atoms. The highest BCUT2D eigenvalue weighted by Gasteiger charge is 2.40. The zero-order chi connectivity index (χ0) is 30.0. The molecule has 1 aliphatic heterocycles. The number of anilines is 1. The van der Waals surface area contributed by atoms with E-state index in [4.69, 9.17) is 14.2 Å². The molecular weight excluding hydrogens is 542 g/mol. The highest BCUT2D eigenvalue weighted by Crippen LogP contribution is 2.33. The smallest absolute Gasteiger partial charge is 0.357 e. The Morgan fingerprint density at radius 3 is 2.19 bits per heavy atom. The maximum Gasteiger partial charge on any atom is 0.357 e. The molecule has 12 heteroatoms. The molecule has 12 nitrogen and oxygen atoms in total. The van der Waals surface area contributed by atoms with Crippen LogP contribution >= 0.6 is 0 Å². The van der Waals surface area contributed by atoms with Gasteiger partial charge in [-0.1, -0.05) is 49.2 Å². The number of hydrogen-bond acceptors (Lipinski definition) is 9. The predicted octanol–water partition coefficient (Wildman–Crippen LogP) is 3.47.